The Bertz CT molecular complexity index is 557. The van der Waals surface area contributed by atoms with Crippen LogP contribution in [0.5, 0.6) is 0 Å². The molecule has 0 saturated carbocycles. The lowest BCUT2D eigenvalue weighted by Crippen LogP contribution is -2.22. The van der Waals surface area contributed by atoms with Crippen molar-refractivity contribution >= 4 is 17.4 Å². The Labute approximate surface area is 110 Å². The van der Waals surface area contributed by atoms with E-state index in [4.69, 9.17) is 0 Å². The zero-order valence-electron chi connectivity index (χ0n) is 10.7. The minimum absolute atomic E-state index is 0.110. The van der Waals surface area contributed by atoms with Crippen LogP contribution in [0.1, 0.15) is 32.1 Å². The number of aromatic nitrogens is 2. The van der Waals surface area contributed by atoms with Crippen LogP contribution in [0.4, 0.5) is 0 Å². The molecule has 1 amide bonds. The van der Waals surface area contributed by atoms with Crippen LogP contribution in [0.25, 0.3) is 0 Å². The SMILES string of the molecule is Cc1cc(C)cc(CNC(=O)c2snnc2C)c1. The first kappa shape index (κ1) is 12.7. The number of hydrogen-bond donors (Lipinski definition) is 1. The molecule has 1 aromatic carbocycles. The first-order chi connectivity index (χ1) is 8.56. The summed E-state index contributed by atoms with van der Waals surface area (Å²) in [6.07, 6.45) is 0. The molecular weight excluding hydrogens is 246 g/mol. The topological polar surface area (TPSA) is 54.9 Å². The number of nitrogens with one attached hydrogen (secondary N) is 1. The third-order valence-corrected chi connectivity index (χ3v) is 3.42. The Morgan fingerprint density at radius 1 is 1.22 bits per heavy atom. The average molecular weight is 261 g/mol. The average Bonchev–Trinajstić information content (AvgIpc) is 2.71. The highest BCUT2D eigenvalue weighted by Crippen LogP contribution is 2.11. The smallest absolute Gasteiger partial charge is 0.265 e. The van der Waals surface area contributed by atoms with E-state index < -0.39 is 0 Å². The molecule has 0 radical (unpaired) electrons. The minimum Gasteiger partial charge on any atom is -0.347 e. The summed E-state index contributed by atoms with van der Waals surface area (Å²) in [6.45, 7) is 6.42. The molecule has 0 fully saturated rings. The van der Waals surface area contributed by atoms with Gasteiger partial charge in [-0.2, -0.15) is 0 Å². The van der Waals surface area contributed by atoms with Crippen molar-refractivity contribution in [1.82, 2.24) is 14.9 Å². The molecule has 0 saturated heterocycles. The zero-order valence-corrected chi connectivity index (χ0v) is 11.5. The molecule has 1 aromatic heterocycles. The van der Waals surface area contributed by atoms with E-state index in [0.717, 1.165) is 17.1 Å². The third kappa shape index (κ3) is 2.92. The molecule has 0 aliphatic rings. The molecule has 0 aliphatic carbocycles. The van der Waals surface area contributed by atoms with E-state index in [9.17, 15) is 4.79 Å². The number of rotatable bonds is 3. The van der Waals surface area contributed by atoms with Crippen LogP contribution in [0.3, 0.4) is 0 Å². The van der Waals surface area contributed by atoms with Gasteiger partial charge in [-0.3, -0.25) is 4.79 Å². The zero-order chi connectivity index (χ0) is 13.1. The Morgan fingerprint density at radius 2 is 1.89 bits per heavy atom. The van der Waals surface area contributed by atoms with Gasteiger partial charge in [0.1, 0.15) is 4.88 Å². The van der Waals surface area contributed by atoms with Crippen molar-refractivity contribution in [3.8, 4) is 0 Å². The summed E-state index contributed by atoms with van der Waals surface area (Å²) in [5.41, 5.74) is 4.19. The second-order valence-corrected chi connectivity index (χ2v) is 5.12. The maximum Gasteiger partial charge on any atom is 0.265 e. The number of amides is 1. The summed E-state index contributed by atoms with van der Waals surface area (Å²) < 4.78 is 3.76. The summed E-state index contributed by atoms with van der Waals surface area (Å²) in [5.74, 6) is -0.110. The fourth-order valence-corrected chi connectivity index (χ4v) is 2.45. The normalized spacial score (nSPS) is 10.4. The molecule has 5 heteroatoms. The highest BCUT2D eigenvalue weighted by atomic mass is 32.1. The lowest BCUT2D eigenvalue weighted by molar-refractivity contribution is 0.0954. The number of carbonyl (C=O) groups excluding carboxylic acids is 1. The van der Waals surface area contributed by atoms with E-state index in [1.807, 2.05) is 0 Å². The van der Waals surface area contributed by atoms with E-state index in [0.29, 0.717) is 17.1 Å². The molecule has 1 heterocycles. The van der Waals surface area contributed by atoms with Gasteiger partial charge in [0.2, 0.25) is 0 Å². The lowest BCUT2D eigenvalue weighted by atomic mass is 10.1. The van der Waals surface area contributed by atoms with Crippen LogP contribution >= 0.6 is 11.5 Å². The Morgan fingerprint density at radius 3 is 2.44 bits per heavy atom. The van der Waals surface area contributed by atoms with Crippen molar-refractivity contribution in [2.24, 2.45) is 0 Å². The van der Waals surface area contributed by atoms with E-state index in [1.165, 1.54) is 11.1 Å². The van der Waals surface area contributed by atoms with Gasteiger partial charge in [-0.05, 0) is 37.9 Å². The van der Waals surface area contributed by atoms with Crippen LogP contribution < -0.4 is 5.32 Å². The fourth-order valence-electron chi connectivity index (χ4n) is 1.87. The molecule has 0 aliphatic heterocycles. The molecule has 1 N–H and O–H groups in total. The van der Waals surface area contributed by atoms with Crippen molar-refractivity contribution in [1.29, 1.82) is 0 Å². The van der Waals surface area contributed by atoms with Crippen molar-refractivity contribution < 1.29 is 4.79 Å². The van der Waals surface area contributed by atoms with Gasteiger partial charge in [-0.15, -0.1) is 5.10 Å². The number of aryl methyl sites for hydroxylation is 3. The van der Waals surface area contributed by atoms with E-state index in [1.54, 1.807) is 6.92 Å². The third-order valence-electron chi connectivity index (χ3n) is 2.59. The molecule has 94 valence electrons. The van der Waals surface area contributed by atoms with Crippen LogP contribution in [-0.4, -0.2) is 15.5 Å². The van der Waals surface area contributed by atoms with Gasteiger partial charge in [-0.25, -0.2) is 0 Å². The second kappa shape index (κ2) is 5.27. The molecule has 4 nitrogen and oxygen atoms in total. The van der Waals surface area contributed by atoms with E-state index in [-0.39, 0.29) is 5.91 Å². The number of carbonyl (C=O) groups is 1. The Kier molecular flexibility index (Phi) is 3.72. The molecule has 0 unspecified atom stereocenters. The molecule has 0 spiro atoms. The van der Waals surface area contributed by atoms with E-state index >= 15 is 0 Å². The standard InChI is InChI=1S/C13H15N3OS/c1-8-4-9(2)6-11(5-8)7-14-13(17)12-10(3)15-16-18-12/h4-6H,7H2,1-3H3,(H,14,17). The maximum atomic E-state index is 11.9. The molecule has 0 atom stereocenters. The van der Waals surface area contributed by atoms with Gasteiger partial charge >= 0.3 is 0 Å². The monoisotopic (exact) mass is 261 g/mol. The minimum atomic E-state index is -0.110. The molecule has 2 rings (SSSR count). The number of nitrogens with zero attached hydrogens (tertiary/aromatic N) is 2. The summed E-state index contributed by atoms with van der Waals surface area (Å²) in [4.78, 5) is 12.5. The largest absolute Gasteiger partial charge is 0.347 e. The van der Waals surface area contributed by atoms with Crippen LogP contribution in [0.15, 0.2) is 18.2 Å². The number of hydrogen-bond acceptors (Lipinski definition) is 4. The van der Waals surface area contributed by atoms with Gasteiger partial charge in [0.15, 0.2) is 0 Å². The van der Waals surface area contributed by atoms with Gasteiger partial charge in [0.25, 0.3) is 5.91 Å². The van der Waals surface area contributed by atoms with Crippen molar-refractivity contribution in [2.45, 2.75) is 27.3 Å². The van der Waals surface area contributed by atoms with Gasteiger partial charge in [0, 0.05) is 6.54 Å². The highest BCUT2D eigenvalue weighted by molar-refractivity contribution is 7.07. The summed E-state index contributed by atoms with van der Waals surface area (Å²) >= 11 is 1.13. The lowest BCUT2D eigenvalue weighted by Gasteiger charge is -2.06. The van der Waals surface area contributed by atoms with E-state index in [2.05, 4.69) is 47.0 Å². The molecular formula is C13H15N3OS. The maximum absolute atomic E-state index is 11.9. The molecule has 0 bridgehead atoms. The quantitative estimate of drug-likeness (QED) is 0.923. The van der Waals surface area contributed by atoms with Crippen molar-refractivity contribution in [3.05, 3.63) is 45.5 Å². The predicted octanol–water partition coefficient (Wildman–Crippen LogP) is 2.39. The van der Waals surface area contributed by atoms with Crippen molar-refractivity contribution in [3.63, 3.8) is 0 Å². The predicted molar refractivity (Wildman–Crippen MR) is 71.7 cm³/mol. The summed E-state index contributed by atoms with van der Waals surface area (Å²) in [5, 5.41) is 6.72. The van der Waals surface area contributed by atoms with Gasteiger partial charge in [-0.1, -0.05) is 33.8 Å². The number of benzene rings is 1. The first-order valence-electron chi connectivity index (χ1n) is 5.70. The van der Waals surface area contributed by atoms with Gasteiger partial charge in [0.05, 0.1) is 5.69 Å². The summed E-state index contributed by atoms with van der Waals surface area (Å²) in [7, 11) is 0. The molecule has 18 heavy (non-hydrogen) atoms. The second-order valence-electron chi connectivity index (χ2n) is 4.37. The van der Waals surface area contributed by atoms with Crippen molar-refractivity contribution in [2.75, 3.05) is 0 Å². The first-order valence-corrected chi connectivity index (χ1v) is 6.48. The highest BCUT2D eigenvalue weighted by Gasteiger charge is 2.12. The molecule has 2 aromatic rings. The fraction of sp³-hybridized carbons (Fsp3) is 0.308. The Hall–Kier alpha value is -1.75. The van der Waals surface area contributed by atoms with Crippen LogP contribution in [0.2, 0.25) is 0 Å². The van der Waals surface area contributed by atoms with Gasteiger partial charge < -0.3 is 5.32 Å². The Balaban J connectivity index is 2.04. The van der Waals surface area contributed by atoms with Crippen LogP contribution in [-0.2, 0) is 6.54 Å². The summed E-state index contributed by atoms with van der Waals surface area (Å²) in [6, 6.07) is 6.26. The van der Waals surface area contributed by atoms with Crippen LogP contribution in [0, 0.1) is 20.8 Å².